The van der Waals surface area contributed by atoms with Gasteiger partial charge in [-0.15, -0.1) is 0 Å². The third-order valence-corrected chi connectivity index (χ3v) is 4.71. The minimum atomic E-state index is -2.83. The van der Waals surface area contributed by atoms with Crippen molar-refractivity contribution in [2.24, 2.45) is 0 Å². The number of hydrogen-bond donors (Lipinski definition) is 0. The quantitative estimate of drug-likeness (QED) is 0.821. The number of ketones is 1. The summed E-state index contributed by atoms with van der Waals surface area (Å²) < 4.78 is 22.7. The zero-order chi connectivity index (χ0) is 13.2. The van der Waals surface area contributed by atoms with Gasteiger partial charge in [0.1, 0.15) is 5.78 Å². The van der Waals surface area contributed by atoms with Crippen LogP contribution in [0.1, 0.15) is 12.5 Å². The van der Waals surface area contributed by atoms with Crippen molar-refractivity contribution in [2.75, 3.05) is 29.5 Å². The van der Waals surface area contributed by atoms with Crippen LogP contribution in [0.5, 0.6) is 0 Å². The molecule has 0 saturated carbocycles. The third-order valence-electron chi connectivity index (χ3n) is 3.10. The Morgan fingerprint density at radius 1 is 1.17 bits per heavy atom. The molecular weight excluding hydrogens is 250 g/mol. The highest BCUT2D eigenvalue weighted by molar-refractivity contribution is 7.91. The largest absolute Gasteiger partial charge is 0.369 e. The van der Waals surface area contributed by atoms with Gasteiger partial charge < -0.3 is 4.90 Å². The molecule has 0 radical (unpaired) electrons. The van der Waals surface area contributed by atoms with Gasteiger partial charge in [0.05, 0.1) is 11.5 Å². The molecule has 0 aliphatic carbocycles. The van der Waals surface area contributed by atoms with E-state index in [1.807, 2.05) is 24.3 Å². The molecule has 1 heterocycles. The molecule has 0 spiro atoms. The average Bonchev–Trinajstić information content (AvgIpc) is 2.30. The van der Waals surface area contributed by atoms with Crippen molar-refractivity contribution in [1.82, 2.24) is 0 Å². The number of carbonyl (C=O) groups excluding carboxylic acids is 1. The summed E-state index contributed by atoms with van der Waals surface area (Å²) in [6, 6.07) is 7.77. The van der Waals surface area contributed by atoms with Gasteiger partial charge >= 0.3 is 0 Å². The van der Waals surface area contributed by atoms with E-state index < -0.39 is 9.84 Å². The molecule has 1 saturated heterocycles. The van der Waals surface area contributed by atoms with E-state index in [2.05, 4.69) is 4.90 Å². The van der Waals surface area contributed by atoms with Crippen LogP contribution in [-0.2, 0) is 21.1 Å². The van der Waals surface area contributed by atoms with Crippen molar-refractivity contribution in [3.8, 4) is 0 Å². The first-order valence-corrected chi connectivity index (χ1v) is 7.82. The topological polar surface area (TPSA) is 54.5 Å². The summed E-state index contributed by atoms with van der Waals surface area (Å²) in [5, 5.41) is 0. The fraction of sp³-hybridized carbons (Fsp3) is 0.462. The normalized spacial score (nSPS) is 18.6. The lowest BCUT2D eigenvalue weighted by Gasteiger charge is -2.28. The highest BCUT2D eigenvalue weighted by Gasteiger charge is 2.21. The Labute approximate surface area is 108 Å². The van der Waals surface area contributed by atoms with Crippen molar-refractivity contribution < 1.29 is 13.2 Å². The molecular formula is C13H17NO3S. The molecule has 1 aliphatic rings. The molecule has 1 aromatic carbocycles. The maximum atomic E-state index is 11.3. The van der Waals surface area contributed by atoms with Crippen LogP contribution in [0.15, 0.2) is 24.3 Å². The SMILES string of the molecule is CC(=O)Cc1ccc(N2CCS(=O)(=O)CC2)cc1. The van der Waals surface area contributed by atoms with Crippen LogP contribution in [0.2, 0.25) is 0 Å². The molecule has 98 valence electrons. The number of anilines is 1. The van der Waals surface area contributed by atoms with Gasteiger partial charge in [0, 0.05) is 25.2 Å². The Bertz CT molecular complexity index is 520. The number of rotatable bonds is 3. The zero-order valence-electron chi connectivity index (χ0n) is 10.4. The molecule has 2 rings (SSSR count). The lowest BCUT2D eigenvalue weighted by molar-refractivity contribution is -0.116. The van der Waals surface area contributed by atoms with Gasteiger partial charge in [0.15, 0.2) is 9.84 Å². The number of Topliss-reactive ketones (excluding diaryl/α,β-unsaturated/α-hetero) is 1. The molecule has 1 fully saturated rings. The Morgan fingerprint density at radius 2 is 1.72 bits per heavy atom. The zero-order valence-corrected chi connectivity index (χ0v) is 11.2. The van der Waals surface area contributed by atoms with Crippen LogP contribution in [0.25, 0.3) is 0 Å². The maximum absolute atomic E-state index is 11.3. The van der Waals surface area contributed by atoms with Crippen molar-refractivity contribution >= 4 is 21.3 Å². The first kappa shape index (κ1) is 13.1. The van der Waals surface area contributed by atoms with Gasteiger partial charge in [0.2, 0.25) is 0 Å². The average molecular weight is 267 g/mol. The number of nitrogens with zero attached hydrogens (tertiary/aromatic N) is 1. The van der Waals surface area contributed by atoms with Crippen molar-refractivity contribution in [1.29, 1.82) is 0 Å². The second kappa shape index (κ2) is 5.10. The molecule has 0 unspecified atom stereocenters. The lowest BCUT2D eigenvalue weighted by Crippen LogP contribution is -2.40. The molecule has 0 aromatic heterocycles. The predicted octanol–water partition coefficient (Wildman–Crippen LogP) is 1.05. The number of benzene rings is 1. The molecule has 0 amide bonds. The number of sulfone groups is 1. The summed E-state index contributed by atoms with van der Waals surface area (Å²) in [6.07, 6.45) is 0.453. The van der Waals surface area contributed by atoms with E-state index in [1.54, 1.807) is 6.92 Å². The molecule has 0 bridgehead atoms. The van der Waals surface area contributed by atoms with E-state index in [9.17, 15) is 13.2 Å². The number of hydrogen-bond acceptors (Lipinski definition) is 4. The lowest BCUT2D eigenvalue weighted by atomic mass is 10.1. The van der Waals surface area contributed by atoms with Crippen LogP contribution in [0, 0.1) is 0 Å². The molecule has 0 N–H and O–H groups in total. The molecule has 1 aromatic rings. The molecule has 1 aliphatic heterocycles. The highest BCUT2D eigenvalue weighted by Crippen LogP contribution is 2.18. The van der Waals surface area contributed by atoms with E-state index in [-0.39, 0.29) is 17.3 Å². The van der Waals surface area contributed by atoms with Crippen molar-refractivity contribution in [2.45, 2.75) is 13.3 Å². The van der Waals surface area contributed by atoms with E-state index in [0.717, 1.165) is 11.3 Å². The summed E-state index contributed by atoms with van der Waals surface area (Å²) >= 11 is 0. The van der Waals surface area contributed by atoms with Crippen molar-refractivity contribution in [3.05, 3.63) is 29.8 Å². The summed E-state index contributed by atoms with van der Waals surface area (Å²) in [5.41, 5.74) is 2.02. The van der Waals surface area contributed by atoms with Gasteiger partial charge in [-0.25, -0.2) is 8.42 Å². The maximum Gasteiger partial charge on any atom is 0.153 e. The van der Waals surface area contributed by atoms with Gasteiger partial charge in [-0.3, -0.25) is 4.79 Å². The Balaban J connectivity index is 2.04. The van der Waals surface area contributed by atoms with Gasteiger partial charge in [-0.2, -0.15) is 0 Å². The van der Waals surface area contributed by atoms with Crippen molar-refractivity contribution in [3.63, 3.8) is 0 Å². The fourth-order valence-electron chi connectivity index (χ4n) is 2.08. The minimum absolute atomic E-state index is 0.145. The second-order valence-corrected chi connectivity index (χ2v) is 6.99. The van der Waals surface area contributed by atoms with Crippen LogP contribution in [0.3, 0.4) is 0 Å². The van der Waals surface area contributed by atoms with Gasteiger partial charge in [-0.1, -0.05) is 12.1 Å². The first-order valence-electron chi connectivity index (χ1n) is 6.00. The van der Waals surface area contributed by atoms with E-state index >= 15 is 0 Å². The van der Waals surface area contributed by atoms with Crippen LogP contribution >= 0.6 is 0 Å². The molecule has 5 heteroatoms. The van der Waals surface area contributed by atoms with Crippen LogP contribution in [0.4, 0.5) is 5.69 Å². The molecule has 4 nitrogen and oxygen atoms in total. The smallest absolute Gasteiger partial charge is 0.153 e. The van der Waals surface area contributed by atoms with Crippen LogP contribution in [-0.4, -0.2) is 38.8 Å². The predicted molar refractivity (Wildman–Crippen MR) is 71.7 cm³/mol. The molecule has 0 atom stereocenters. The Kier molecular flexibility index (Phi) is 3.71. The second-order valence-electron chi connectivity index (χ2n) is 4.68. The van der Waals surface area contributed by atoms with Gasteiger partial charge in [0.25, 0.3) is 0 Å². The first-order chi connectivity index (χ1) is 8.46. The van der Waals surface area contributed by atoms with Gasteiger partial charge in [-0.05, 0) is 24.6 Å². The monoisotopic (exact) mass is 267 g/mol. The number of carbonyl (C=O) groups is 1. The minimum Gasteiger partial charge on any atom is -0.369 e. The summed E-state index contributed by atoms with van der Waals surface area (Å²) in [5.74, 6) is 0.594. The third kappa shape index (κ3) is 3.32. The Morgan fingerprint density at radius 3 is 2.22 bits per heavy atom. The Hall–Kier alpha value is -1.36. The standard InChI is InChI=1S/C13H17NO3S/c1-11(15)10-12-2-4-13(5-3-12)14-6-8-18(16,17)9-7-14/h2-5H,6-10H2,1H3. The summed E-state index contributed by atoms with van der Waals surface area (Å²) in [7, 11) is -2.83. The molecule has 18 heavy (non-hydrogen) atoms. The van der Waals surface area contributed by atoms with E-state index in [0.29, 0.717) is 19.5 Å². The summed E-state index contributed by atoms with van der Waals surface area (Å²) in [6.45, 7) is 2.67. The fourth-order valence-corrected chi connectivity index (χ4v) is 3.28. The van der Waals surface area contributed by atoms with Crippen LogP contribution < -0.4 is 4.90 Å². The highest BCUT2D eigenvalue weighted by atomic mass is 32.2. The summed E-state index contributed by atoms with van der Waals surface area (Å²) in [4.78, 5) is 13.1. The van der Waals surface area contributed by atoms with E-state index in [4.69, 9.17) is 0 Å². The van der Waals surface area contributed by atoms with E-state index in [1.165, 1.54) is 0 Å².